The molecule has 6 nitrogen and oxygen atoms in total. The minimum absolute atomic E-state index is 0.0279. The second-order valence-electron chi connectivity index (χ2n) is 3.85. The normalized spacial score (nSPS) is 11.8. The number of nitrogens with zero attached hydrogens (tertiary/aromatic N) is 1. The van der Waals surface area contributed by atoms with Gasteiger partial charge in [0.05, 0.1) is 23.9 Å². The fourth-order valence-corrected chi connectivity index (χ4v) is 3.33. The quantitative estimate of drug-likeness (QED) is 0.870. The number of benzene rings is 1. The van der Waals surface area contributed by atoms with Crippen LogP contribution in [0, 0.1) is 0 Å². The summed E-state index contributed by atoms with van der Waals surface area (Å²) in [5, 5.41) is 12.9. The number of aliphatic hydroxyl groups is 1. The van der Waals surface area contributed by atoms with Crippen molar-refractivity contribution in [2.45, 2.75) is 18.0 Å². The summed E-state index contributed by atoms with van der Waals surface area (Å²) in [5.41, 5.74) is 0.707. The molecule has 0 saturated carbocycles. The molecule has 1 aromatic heterocycles. The number of halogens is 2. The summed E-state index contributed by atoms with van der Waals surface area (Å²) in [7, 11) is -3.85. The maximum atomic E-state index is 12.1. The van der Waals surface area contributed by atoms with Gasteiger partial charge in [0, 0.05) is 11.1 Å². The molecule has 0 bridgehead atoms. The Bertz CT molecular complexity index is 701. The molecular formula is C11H10Cl2N2O4S. The lowest BCUT2D eigenvalue weighted by molar-refractivity contribution is 0.281. The number of hydrogen-bond acceptors (Lipinski definition) is 5. The minimum Gasteiger partial charge on any atom is -0.392 e. The van der Waals surface area contributed by atoms with Crippen molar-refractivity contribution in [1.29, 1.82) is 0 Å². The molecule has 0 amide bonds. The second kappa shape index (κ2) is 6.11. The lowest BCUT2D eigenvalue weighted by Crippen LogP contribution is -2.24. The summed E-state index contributed by atoms with van der Waals surface area (Å²) in [6.45, 7) is -0.423. The highest BCUT2D eigenvalue weighted by molar-refractivity contribution is 7.89. The Kier molecular flexibility index (Phi) is 4.66. The topological polar surface area (TPSA) is 92.4 Å². The Morgan fingerprint density at radius 2 is 2.05 bits per heavy atom. The molecule has 2 rings (SSSR count). The highest BCUT2D eigenvalue weighted by Gasteiger charge is 2.20. The van der Waals surface area contributed by atoms with E-state index in [1.807, 2.05) is 0 Å². The fourth-order valence-electron chi connectivity index (χ4n) is 1.47. The number of hydrogen-bond donors (Lipinski definition) is 2. The predicted octanol–water partition coefficient (Wildman–Crippen LogP) is 1.95. The molecule has 0 atom stereocenters. The van der Waals surface area contributed by atoms with Gasteiger partial charge in [-0.3, -0.25) is 0 Å². The zero-order valence-corrected chi connectivity index (χ0v) is 12.3. The van der Waals surface area contributed by atoms with Gasteiger partial charge in [-0.1, -0.05) is 28.4 Å². The molecule has 20 heavy (non-hydrogen) atoms. The zero-order valence-electron chi connectivity index (χ0n) is 10.0. The van der Waals surface area contributed by atoms with E-state index < -0.39 is 10.0 Å². The van der Waals surface area contributed by atoms with Gasteiger partial charge in [-0.15, -0.1) is 0 Å². The number of aromatic nitrogens is 1. The highest BCUT2D eigenvalue weighted by atomic mass is 35.5. The Morgan fingerprint density at radius 3 is 2.65 bits per heavy atom. The summed E-state index contributed by atoms with van der Waals surface area (Å²) in [6.07, 6.45) is 1.34. The van der Waals surface area contributed by atoms with Gasteiger partial charge in [-0.25, -0.2) is 13.1 Å². The molecule has 2 N–H and O–H groups in total. The van der Waals surface area contributed by atoms with Crippen molar-refractivity contribution in [2.24, 2.45) is 0 Å². The summed E-state index contributed by atoms with van der Waals surface area (Å²) in [5.74, 6) is 0. The van der Waals surface area contributed by atoms with E-state index in [2.05, 4.69) is 14.4 Å². The Labute approximate surface area is 125 Å². The van der Waals surface area contributed by atoms with E-state index in [1.54, 1.807) is 0 Å². The molecule has 0 spiro atoms. The predicted molar refractivity (Wildman–Crippen MR) is 72.9 cm³/mol. The van der Waals surface area contributed by atoms with Crippen molar-refractivity contribution in [3.8, 4) is 0 Å². The van der Waals surface area contributed by atoms with Gasteiger partial charge in [0.2, 0.25) is 10.0 Å². The summed E-state index contributed by atoms with van der Waals surface area (Å²) < 4.78 is 31.2. The van der Waals surface area contributed by atoms with Crippen LogP contribution in [0.25, 0.3) is 0 Å². The third-order valence-electron chi connectivity index (χ3n) is 2.50. The first-order valence-corrected chi connectivity index (χ1v) is 7.65. The Hall–Kier alpha value is -1.12. The largest absolute Gasteiger partial charge is 0.392 e. The molecule has 2 aromatic rings. The first-order chi connectivity index (χ1) is 9.44. The fraction of sp³-hybridized carbons (Fsp3) is 0.182. The SMILES string of the molecule is O=S(=O)(NCc1ccon1)c1cc(CO)c(Cl)cc1Cl. The molecule has 108 valence electrons. The Morgan fingerprint density at radius 1 is 1.30 bits per heavy atom. The molecule has 0 aliphatic carbocycles. The molecule has 9 heteroatoms. The van der Waals surface area contributed by atoms with Gasteiger partial charge in [0.15, 0.2) is 0 Å². The number of rotatable bonds is 5. The van der Waals surface area contributed by atoms with Crippen molar-refractivity contribution in [2.75, 3.05) is 0 Å². The third kappa shape index (κ3) is 3.31. The minimum atomic E-state index is -3.85. The van der Waals surface area contributed by atoms with Crippen LogP contribution in [-0.2, 0) is 23.2 Å². The van der Waals surface area contributed by atoms with Crippen molar-refractivity contribution < 1.29 is 18.0 Å². The summed E-state index contributed by atoms with van der Waals surface area (Å²) in [4.78, 5) is -0.156. The van der Waals surface area contributed by atoms with Gasteiger partial charge in [-0.2, -0.15) is 0 Å². The van der Waals surface area contributed by atoms with Crippen LogP contribution in [0.1, 0.15) is 11.3 Å². The lowest BCUT2D eigenvalue weighted by atomic mass is 10.2. The van der Waals surface area contributed by atoms with Gasteiger partial charge < -0.3 is 9.63 Å². The first kappa shape index (κ1) is 15.3. The van der Waals surface area contributed by atoms with Crippen LogP contribution in [0.2, 0.25) is 10.0 Å². The molecule has 1 heterocycles. The third-order valence-corrected chi connectivity index (χ3v) is 4.71. The molecule has 0 radical (unpaired) electrons. The molecule has 1 aromatic carbocycles. The first-order valence-electron chi connectivity index (χ1n) is 5.42. The van der Waals surface area contributed by atoms with Gasteiger partial charge in [0.1, 0.15) is 11.2 Å². The van der Waals surface area contributed by atoms with Crippen LogP contribution < -0.4 is 4.72 Å². The van der Waals surface area contributed by atoms with Crippen LogP contribution in [-0.4, -0.2) is 18.7 Å². The van der Waals surface area contributed by atoms with Gasteiger partial charge >= 0.3 is 0 Å². The smallest absolute Gasteiger partial charge is 0.242 e. The maximum Gasteiger partial charge on any atom is 0.242 e. The molecule has 0 fully saturated rings. The molecule has 0 unspecified atom stereocenters. The highest BCUT2D eigenvalue weighted by Crippen LogP contribution is 2.28. The summed E-state index contributed by atoms with van der Waals surface area (Å²) >= 11 is 11.7. The Balaban J connectivity index is 2.29. The zero-order chi connectivity index (χ0) is 14.8. The number of nitrogens with one attached hydrogen (secondary N) is 1. The second-order valence-corrected chi connectivity index (χ2v) is 6.40. The van der Waals surface area contributed by atoms with Crippen LogP contribution in [0.4, 0.5) is 0 Å². The van der Waals surface area contributed by atoms with Crippen LogP contribution in [0.15, 0.2) is 33.9 Å². The summed E-state index contributed by atoms with van der Waals surface area (Å²) in [6, 6.07) is 4.04. The van der Waals surface area contributed by atoms with Crippen molar-refractivity contribution >= 4 is 33.2 Å². The van der Waals surface area contributed by atoms with E-state index in [4.69, 9.17) is 28.3 Å². The van der Waals surface area contributed by atoms with Gasteiger partial charge in [0.25, 0.3) is 0 Å². The molecule has 0 aliphatic rings. The van der Waals surface area contributed by atoms with E-state index in [9.17, 15) is 8.42 Å². The number of aliphatic hydroxyl groups excluding tert-OH is 1. The van der Waals surface area contributed by atoms with E-state index in [-0.39, 0.29) is 33.7 Å². The average molecular weight is 337 g/mol. The van der Waals surface area contributed by atoms with E-state index in [0.29, 0.717) is 5.69 Å². The van der Waals surface area contributed by atoms with Crippen molar-refractivity contribution in [1.82, 2.24) is 9.88 Å². The number of sulfonamides is 1. The van der Waals surface area contributed by atoms with Crippen LogP contribution in [0.5, 0.6) is 0 Å². The standard InChI is InChI=1S/C11H10Cl2N2O4S/c12-9-4-10(13)11(3-7(9)6-16)20(17,18)14-5-8-1-2-19-15-8/h1-4,14,16H,5-6H2. The monoisotopic (exact) mass is 336 g/mol. The lowest BCUT2D eigenvalue weighted by Gasteiger charge is -2.10. The maximum absolute atomic E-state index is 12.1. The molecule has 0 saturated heterocycles. The van der Waals surface area contributed by atoms with Crippen LogP contribution in [0.3, 0.4) is 0 Å². The average Bonchev–Trinajstić information content (AvgIpc) is 2.89. The van der Waals surface area contributed by atoms with E-state index in [1.165, 1.54) is 24.5 Å². The van der Waals surface area contributed by atoms with Crippen molar-refractivity contribution in [3.05, 3.63) is 45.8 Å². The van der Waals surface area contributed by atoms with Crippen molar-refractivity contribution in [3.63, 3.8) is 0 Å². The van der Waals surface area contributed by atoms with E-state index in [0.717, 1.165) is 0 Å². The van der Waals surface area contributed by atoms with Crippen LogP contribution >= 0.6 is 23.2 Å². The van der Waals surface area contributed by atoms with Gasteiger partial charge in [-0.05, 0) is 17.7 Å². The molecular weight excluding hydrogens is 327 g/mol. The van der Waals surface area contributed by atoms with E-state index >= 15 is 0 Å². The molecule has 0 aliphatic heterocycles.